The number of hydrogen-bond donors (Lipinski definition) is 1. The van der Waals surface area contributed by atoms with E-state index in [0.29, 0.717) is 5.25 Å². The largest absolute Gasteiger partial charge is 0.385 e. The van der Waals surface area contributed by atoms with Crippen molar-refractivity contribution in [2.75, 3.05) is 20.3 Å². The SMILES string of the molecule is CCCNCc1ccc(SC(C)CCOC)cc1. The van der Waals surface area contributed by atoms with Gasteiger partial charge in [-0.05, 0) is 37.1 Å². The van der Waals surface area contributed by atoms with Crippen molar-refractivity contribution in [3.05, 3.63) is 29.8 Å². The quantitative estimate of drug-likeness (QED) is 0.544. The van der Waals surface area contributed by atoms with Gasteiger partial charge in [-0.15, -0.1) is 11.8 Å². The zero-order valence-corrected chi connectivity index (χ0v) is 12.6. The standard InChI is InChI=1S/C15H25NOS/c1-4-10-16-12-14-5-7-15(8-6-14)18-13(2)9-11-17-3/h5-8,13,16H,4,9-12H2,1-3H3. The highest BCUT2D eigenvalue weighted by Crippen LogP contribution is 2.25. The van der Waals surface area contributed by atoms with E-state index in [1.165, 1.54) is 16.9 Å². The summed E-state index contributed by atoms with van der Waals surface area (Å²) in [5, 5.41) is 4.02. The van der Waals surface area contributed by atoms with Crippen molar-refractivity contribution in [1.82, 2.24) is 5.32 Å². The van der Waals surface area contributed by atoms with Crippen LogP contribution in [0, 0.1) is 0 Å². The van der Waals surface area contributed by atoms with Crippen LogP contribution >= 0.6 is 11.8 Å². The number of methoxy groups -OCH3 is 1. The second kappa shape index (κ2) is 9.42. The van der Waals surface area contributed by atoms with E-state index in [2.05, 4.69) is 43.4 Å². The van der Waals surface area contributed by atoms with Gasteiger partial charge in [0.25, 0.3) is 0 Å². The second-order valence-corrected chi connectivity index (χ2v) is 6.04. The molecule has 1 aromatic rings. The zero-order chi connectivity index (χ0) is 13.2. The van der Waals surface area contributed by atoms with E-state index in [-0.39, 0.29) is 0 Å². The van der Waals surface area contributed by atoms with Crippen molar-refractivity contribution in [2.24, 2.45) is 0 Å². The molecule has 1 unspecified atom stereocenters. The molecule has 0 saturated carbocycles. The van der Waals surface area contributed by atoms with Crippen LogP contribution in [0.3, 0.4) is 0 Å². The first-order chi connectivity index (χ1) is 8.76. The molecule has 0 aliphatic carbocycles. The lowest BCUT2D eigenvalue weighted by Crippen LogP contribution is -2.13. The molecular weight excluding hydrogens is 242 g/mol. The Morgan fingerprint density at radius 2 is 2.00 bits per heavy atom. The molecule has 1 N–H and O–H groups in total. The first-order valence-corrected chi connectivity index (χ1v) is 7.59. The highest BCUT2D eigenvalue weighted by Gasteiger charge is 2.04. The van der Waals surface area contributed by atoms with E-state index in [1.807, 2.05) is 11.8 Å². The molecule has 1 atom stereocenters. The van der Waals surface area contributed by atoms with Crippen LogP contribution in [0.4, 0.5) is 0 Å². The Bertz CT molecular complexity index is 313. The Balaban J connectivity index is 2.35. The van der Waals surface area contributed by atoms with Crippen LogP contribution in [0.1, 0.15) is 32.3 Å². The lowest BCUT2D eigenvalue weighted by Gasteiger charge is -2.11. The Kier molecular flexibility index (Phi) is 8.14. The van der Waals surface area contributed by atoms with Crippen LogP contribution in [0.5, 0.6) is 0 Å². The van der Waals surface area contributed by atoms with Crippen LogP contribution < -0.4 is 5.32 Å². The topological polar surface area (TPSA) is 21.3 Å². The van der Waals surface area contributed by atoms with Crippen molar-refractivity contribution in [2.45, 2.75) is 43.4 Å². The normalized spacial score (nSPS) is 12.6. The van der Waals surface area contributed by atoms with Gasteiger partial charge >= 0.3 is 0 Å². The average molecular weight is 267 g/mol. The van der Waals surface area contributed by atoms with Gasteiger partial charge in [-0.2, -0.15) is 0 Å². The van der Waals surface area contributed by atoms with Gasteiger partial charge in [-0.3, -0.25) is 0 Å². The fourth-order valence-corrected chi connectivity index (χ4v) is 2.64. The van der Waals surface area contributed by atoms with E-state index >= 15 is 0 Å². The molecule has 0 saturated heterocycles. The summed E-state index contributed by atoms with van der Waals surface area (Å²) < 4.78 is 5.10. The molecule has 3 heteroatoms. The van der Waals surface area contributed by atoms with E-state index in [9.17, 15) is 0 Å². The van der Waals surface area contributed by atoms with Crippen molar-refractivity contribution in [3.8, 4) is 0 Å². The number of rotatable bonds is 9. The molecular formula is C15H25NOS. The fourth-order valence-electron chi connectivity index (χ4n) is 1.67. The summed E-state index contributed by atoms with van der Waals surface area (Å²) in [6.07, 6.45) is 2.28. The summed E-state index contributed by atoms with van der Waals surface area (Å²) in [6.45, 7) is 7.34. The predicted molar refractivity (Wildman–Crippen MR) is 80.3 cm³/mol. The molecule has 18 heavy (non-hydrogen) atoms. The van der Waals surface area contributed by atoms with Crippen LogP contribution in [0.15, 0.2) is 29.2 Å². The molecule has 1 aromatic carbocycles. The maximum atomic E-state index is 5.10. The van der Waals surface area contributed by atoms with Crippen LogP contribution in [-0.2, 0) is 11.3 Å². The third kappa shape index (κ3) is 6.43. The molecule has 1 rings (SSSR count). The maximum absolute atomic E-state index is 5.10. The monoisotopic (exact) mass is 267 g/mol. The molecule has 0 aromatic heterocycles. The van der Waals surface area contributed by atoms with E-state index < -0.39 is 0 Å². The van der Waals surface area contributed by atoms with Crippen LogP contribution in [-0.4, -0.2) is 25.5 Å². The highest BCUT2D eigenvalue weighted by molar-refractivity contribution is 7.99. The van der Waals surface area contributed by atoms with Crippen molar-refractivity contribution < 1.29 is 4.74 Å². The number of thioether (sulfide) groups is 1. The average Bonchev–Trinajstić information content (AvgIpc) is 2.39. The lowest BCUT2D eigenvalue weighted by atomic mass is 10.2. The summed E-state index contributed by atoms with van der Waals surface area (Å²) >= 11 is 1.92. The number of benzene rings is 1. The molecule has 0 fully saturated rings. The first kappa shape index (κ1) is 15.5. The van der Waals surface area contributed by atoms with E-state index in [0.717, 1.165) is 26.1 Å². The molecule has 102 valence electrons. The summed E-state index contributed by atoms with van der Waals surface area (Å²) in [4.78, 5) is 1.35. The van der Waals surface area contributed by atoms with Gasteiger partial charge in [0.2, 0.25) is 0 Å². The molecule has 0 amide bonds. The zero-order valence-electron chi connectivity index (χ0n) is 11.7. The maximum Gasteiger partial charge on any atom is 0.0472 e. The van der Waals surface area contributed by atoms with Gasteiger partial charge in [-0.1, -0.05) is 26.0 Å². The van der Waals surface area contributed by atoms with Gasteiger partial charge < -0.3 is 10.1 Å². The van der Waals surface area contributed by atoms with Crippen LogP contribution in [0.2, 0.25) is 0 Å². The van der Waals surface area contributed by atoms with Crippen molar-refractivity contribution in [3.63, 3.8) is 0 Å². The smallest absolute Gasteiger partial charge is 0.0472 e. The summed E-state index contributed by atoms with van der Waals surface area (Å²) in [5.41, 5.74) is 1.36. The minimum absolute atomic E-state index is 0.606. The predicted octanol–water partition coefficient (Wildman–Crippen LogP) is 3.70. The second-order valence-electron chi connectivity index (χ2n) is 4.53. The third-order valence-electron chi connectivity index (χ3n) is 2.75. The number of hydrogen-bond acceptors (Lipinski definition) is 3. The van der Waals surface area contributed by atoms with Gasteiger partial charge in [0.15, 0.2) is 0 Å². The molecule has 0 heterocycles. The van der Waals surface area contributed by atoms with Crippen LogP contribution in [0.25, 0.3) is 0 Å². The van der Waals surface area contributed by atoms with Gasteiger partial charge in [0.05, 0.1) is 0 Å². The van der Waals surface area contributed by atoms with Gasteiger partial charge in [-0.25, -0.2) is 0 Å². The van der Waals surface area contributed by atoms with E-state index in [4.69, 9.17) is 4.74 Å². The molecule has 0 bridgehead atoms. The Hall–Kier alpha value is -0.510. The van der Waals surface area contributed by atoms with E-state index in [1.54, 1.807) is 7.11 Å². The number of ether oxygens (including phenoxy) is 1. The van der Waals surface area contributed by atoms with Crippen molar-refractivity contribution in [1.29, 1.82) is 0 Å². The van der Waals surface area contributed by atoms with Gasteiger partial charge in [0.1, 0.15) is 0 Å². The fraction of sp³-hybridized carbons (Fsp3) is 0.600. The molecule has 0 aliphatic rings. The minimum Gasteiger partial charge on any atom is -0.385 e. The highest BCUT2D eigenvalue weighted by atomic mass is 32.2. The summed E-state index contributed by atoms with van der Waals surface area (Å²) in [6, 6.07) is 8.87. The first-order valence-electron chi connectivity index (χ1n) is 6.71. The van der Waals surface area contributed by atoms with Crippen molar-refractivity contribution >= 4 is 11.8 Å². The molecule has 0 aliphatic heterocycles. The molecule has 0 spiro atoms. The third-order valence-corrected chi connectivity index (χ3v) is 3.93. The molecule has 0 radical (unpaired) electrons. The minimum atomic E-state index is 0.606. The summed E-state index contributed by atoms with van der Waals surface area (Å²) in [7, 11) is 1.76. The number of nitrogens with one attached hydrogen (secondary N) is 1. The lowest BCUT2D eigenvalue weighted by molar-refractivity contribution is 0.195. The Labute approximate surface area is 116 Å². The Morgan fingerprint density at radius 1 is 1.28 bits per heavy atom. The van der Waals surface area contributed by atoms with Gasteiger partial charge in [0, 0.05) is 30.4 Å². The summed E-state index contributed by atoms with van der Waals surface area (Å²) in [5.74, 6) is 0. The molecule has 2 nitrogen and oxygen atoms in total. The Morgan fingerprint density at radius 3 is 2.61 bits per heavy atom.